The quantitative estimate of drug-likeness (QED) is 0.762. The molecule has 90 valence electrons. The Morgan fingerprint density at radius 1 is 1.44 bits per heavy atom. The Kier molecular flexibility index (Phi) is 3.52. The van der Waals surface area contributed by atoms with Crippen LogP contribution < -0.4 is 5.32 Å². The van der Waals surface area contributed by atoms with Gasteiger partial charge in [0.25, 0.3) is 0 Å². The molecule has 0 amide bonds. The van der Waals surface area contributed by atoms with Gasteiger partial charge in [-0.3, -0.25) is 4.90 Å². The van der Waals surface area contributed by atoms with Gasteiger partial charge in [-0.25, -0.2) is 0 Å². The van der Waals surface area contributed by atoms with Crippen LogP contribution >= 0.6 is 0 Å². The van der Waals surface area contributed by atoms with E-state index >= 15 is 0 Å². The summed E-state index contributed by atoms with van der Waals surface area (Å²) in [7, 11) is 6.09. The van der Waals surface area contributed by atoms with Gasteiger partial charge in [0.15, 0.2) is 5.82 Å². The van der Waals surface area contributed by atoms with Crippen LogP contribution in [0.5, 0.6) is 0 Å². The summed E-state index contributed by atoms with van der Waals surface area (Å²) in [6.07, 6.45) is 0. The topological polar surface area (TPSA) is 57.4 Å². The Labute approximate surface area is 95.6 Å². The maximum atomic E-state index is 5.17. The molecule has 1 atom stereocenters. The standard InChI is InChI=1S/C10H19N5O/c1-11-6-9-12-10(13-16-9)8-7-14(2)4-5-15(8)3/h8,11H,4-7H2,1-3H3. The monoisotopic (exact) mass is 225 g/mol. The normalized spacial score (nSPS) is 23.8. The summed E-state index contributed by atoms with van der Waals surface area (Å²) in [6, 6.07) is 0.244. The molecule has 0 spiro atoms. The number of nitrogens with zero attached hydrogens (tertiary/aromatic N) is 4. The average Bonchev–Trinajstić information content (AvgIpc) is 2.71. The maximum absolute atomic E-state index is 5.17. The lowest BCUT2D eigenvalue weighted by Gasteiger charge is -2.35. The Hall–Kier alpha value is -0.980. The van der Waals surface area contributed by atoms with Gasteiger partial charge in [-0.15, -0.1) is 0 Å². The van der Waals surface area contributed by atoms with Crippen molar-refractivity contribution >= 4 is 0 Å². The van der Waals surface area contributed by atoms with Crippen molar-refractivity contribution in [2.24, 2.45) is 0 Å². The Balaban J connectivity index is 2.08. The van der Waals surface area contributed by atoms with Crippen LogP contribution in [0.1, 0.15) is 17.8 Å². The van der Waals surface area contributed by atoms with E-state index in [4.69, 9.17) is 4.52 Å². The van der Waals surface area contributed by atoms with Crippen LogP contribution in [0.4, 0.5) is 0 Å². The summed E-state index contributed by atoms with van der Waals surface area (Å²) in [5.74, 6) is 1.44. The zero-order chi connectivity index (χ0) is 11.5. The van der Waals surface area contributed by atoms with Gasteiger partial charge in [0.05, 0.1) is 12.6 Å². The summed E-state index contributed by atoms with van der Waals surface area (Å²) in [6.45, 7) is 3.71. The molecule has 2 rings (SSSR count). The van der Waals surface area contributed by atoms with Crippen LogP contribution in [0.15, 0.2) is 4.52 Å². The second-order valence-electron chi connectivity index (χ2n) is 4.34. The van der Waals surface area contributed by atoms with E-state index in [9.17, 15) is 0 Å². The van der Waals surface area contributed by atoms with Crippen LogP contribution in [0.25, 0.3) is 0 Å². The summed E-state index contributed by atoms with van der Waals surface area (Å²) in [4.78, 5) is 8.96. The molecule has 1 aromatic heterocycles. The van der Waals surface area contributed by atoms with E-state index in [0.29, 0.717) is 12.4 Å². The maximum Gasteiger partial charge on any atom is 0.240 e. The van der Waals surface area contributed by atoms with Gasteiger partial charge in [-0.1, -0.05) is 5.16 Å². The summed E-state index contributed by atoms with van der Waals surface area (Å²) < 4.78 is 5.17. The van der Waals surface area contributed by atoms with Gasteiger partial charge >= 0.3 is 0 Å². The van der Waals surface area contributed by atoms with Crippen LogP contribution in [0, 0.1) is 0 Å². The highest BCUT2D eigenvalue weighted by atomic mass is 16.5. The molecule has 6 nitrogen and oxygen atoms in total. The lowest BCUT2D eigenvalue weighted by molar-refractivity contribution is 0.108. The fraction of sp³-hybridized carbons (Fsp3) is 0.800. The number of hydrogen-bond donors (Lipinski definition) is 1. The second kappa shape index (κ2) is 4.90. The van der Waals surface area contributed by atoms with E-state index in [0.717, 1.165) is 25.5 Å². The van der Waals surface area contributed by atoms with Gasteiger partial charge in [0.1, 0.15) is 0 Å². The number of aromatic nitrogens is 2. The highest BCUT2D eigenvalue weighted by Gasteiger charge is 2.27. The molecule has 1 aliphatic rings. The van der Waals surface area contributed by atoms with Gasteiger partial charge in [0.2, 0.25) is 5.89 Å². The minimum atomic E-state index is 0.244. The smallest absolute Gasteiger partial charge is 0.240 e. The first-order chi connectivity index (χ1) is 7.70. The molecule has 2 heterocycles. The first-order valence-electron chi connectivity index (χ1n) is 5.56. The molecule has 1 fully saturated rings. The number of nitrogens with one attached hydrogen (secondary N) is 1. The lowest BCUT2D eigenvalue weighted by atomic mass is 10.2. The Morgan fingerprint density at radius 3 is 3.00 bits per heavy atom. The van der Waals surface area contributed by atoms with Crippen molar-refractivity contribution < 1.29 is 4.52 Å². The fourth-order valence-corrected chi connectivity index (χ4v) is 1.92. The third kappa shape index (κ3) is 2.40. The van der Waals surface area contributed by atoms with E-state index in [1.54, 1.807) is 0 Å². The van der Waals surface area contributed by atoms with Crippen molar-refractivity contribution in [2.75, 3.05) is 40.8 Å². The van der Waals surface area contributed by atoms with Gasteiger partial charge in [-0.05, 0) is 21.1 Å². The minimum Gasteiger partial charge on any atom is -0.338 e. The summed E-state index contributed by atoms with van der Waals surface area (Å²) >= 11 is 0. The van der Waals surface area contributed by atoms with E-state index in [2.05, 4.69) is 39.4 Å². The number of rotatable bonds is 3. The van der Waals surface area contributed by atoms with Crippen molar-refractivity contribution in [3.8, 4) is 0 Å². The largest absolute Gasteiger partial charge is 0.338 e. The predicted molar refractivity (Wildman–Crippen MR) is 59.9 cm³/mol. The first-order valence-corrected chi connectivity index (χ1v) is 5.56. The van der Waals surface area contributed by atoms with Gasteiger partial charge in [0, 0.05) is 19.6 Å². The average molecular weight is 225 g/mol. The fourth-order valence-electron chi connectivity index (χ4n) is 1.92. The third-order valence-corrected chi connectivity index (χ3v) is 2.96. The molecule has 0 bridgehead atoms. The predicted octanol–water partition coefficient (Wildman–Crippen LogP) is -0.293. The molecule has 1 unspecified atom stereocenters. The third-order valence-electron chi connectivity index (χ3n) is 2.96. The molecule has 1 aliphatic heterocycles. The minimum absolute atomic E-state index is 0.244. The zero-order valence-corrected chi connectivity index (χ0v) is 10.1. The SMILES string of the molecule is CNCc1nc(C2CN(C)CCN2C)no1. The van der Waals surface area contributed by atoms with Crippen LogP contribution in [0.2, 0.25) is 0 Å². The molecule has 1 saturated heterocycles. The number of likely N-dealkylation sites (N-methyl/N-ethyl adjacent to an activating group) is 2. The number of hydrogen-bond acceptors (Lipinski definition) is 6. The Morgan fingerprint density at radius 2 is 2.25 bits per heavy atom. The lowest BCUT2D eigenvalue weighted by Crippen LogP contribution is -2.45. The van der Waals surface area contributed by atoms with Crippen LogP contribution in [0.3, 0.4) is 0 Å². The highest BCUT2D eigenvalue weighted by Crippen LogP contribution is 2.20. The van der Waals surface area contributed by atoms with E-state index in [1.807, 2.05) is 7.05 Å². The molecule has 16 heavy (non-hydrogen) atoms. The van der Waals surface area contributed by atoms with Crippen molar-refractivity contribution in [3.05, 3.63) is 11.7 Å². The zero-order valence-electron chi connectivity index (χ0n) is 10.1. The summed E-state index contributed by atoms with van der Waals surface area (Å²) in [5, 5.41) is 7.05. The van der Waals surface area contributed by atoms with Crippen LogP contribution in [-0.4, -0.2) is 60.7 Å². The number of piperazine rings is 1. The van der Waals surface area contributed by atoms with Crippen molar-refractivity contribution in [2.45, 2.75) is 12.6 Å². The highest BCUT2D eigenvalue weighted by molar-refractivity contribution is 4.97. The van der Waals surface area contributed by atoms with Crippen molar-refractivity contribution in [3.63, 3.8) is 0 Å². The van der Waals surface area contributed by atoms with E-state index < -0.39 is 0 Å². The second-order valence-corrected chi connectivity index (χ2v) is 4.34. The van der Waals surface area contributed by atoms with Crippen molar-refractivity contribution in [1.82, 2.24) is 25.3 Å². The van der Waals surface area contributed by atoms with Crippen LogP contribution in [-0.2, 0) is 6.54 Å². The molecular formula is C10H19N5O. The molecular weight excluding hydrogens is 206 g/mol. The first kappa shape index (κ1) is 11.5. The molecule has 0 aliphatic carbocycles. The molecule has 6 heteroatoms. The Bertz CT molecular complexity index is 340. The van der Waals surface area contributed by atoms with E-state index in [1.165, 1.54) is 0 Å². The molecule has 1 aromatic rings. The molecule has 0 saturated carbocycles. The molecule has 0 aromatic carbocycles. The van der Waals surface area contributed by atoms with Gasteiger partial charge < -0.3 is 14.7 Å². The van der Waals surface area contributed by atoms with E-state index in [-0.39, 0.29) is 6.04 Å². The summed E-state index contributed by atoms with van der Waals surface area (Å²) in [5.41, 5.74) is 0. The molecule has 1 N–H and O–H groups in total. The molecule has 0 radical (unpaired) electrons. The van der Waals surface area contributed by atoms with Crippen molar-refractivity contribution in [1.29, 1.82) is 0 Å². The van der Waals surface area contributed by atoms with Gasteiger partial charge in [-0.2, -0.15) is 4.98 Å².